The Kier molecular flexibility index (Phi) is 4.21. The first-order chi connectivity index (χ1) is 11.1. The monoisotopic (exact) mass is 330 g/mol. The van der Waals surface area contributed by atoms with Crippen molar-refractivity contribution in [3.8, 4) is 17.0 Å². The number of aromatic nitrogens is 2. The minimum Gasteiger partial charge on any atom is -0.494 e. The van der Waals surface area contributed by atoms with E-state index in [4.69, 9.17) is 16.3 Å². The molecule has 3 aromatic rings. The largest absolute Gasteiger partial charge is 0.494 e. The molecule has 0 saturated heterocycles. The predicted molar refractivity (Wildman–Crippen MR) is 88.4 cm³/mol. The average Bonchev–Trinajstić information content (AvgIpc) is 2.92. The lowest BCUT2D eigenvalue weighted by Crippen LogP contribution is -2.03. The molecule has 0 amide bonds. The molecule has 5 nitrogen and oxygen atoms in total. The molecule has 0 atom stereocenters. The number of carboxylic acid groups (broad SMARTS) is 1. The summed E-state index contributed by atoms with van der Waals surface area (Å²) < 4.78 is 7.03. The Labute approximate surface area is 138 Å². The van der Waals surface area contributed by atoms with Crippen molar-refractivity contribution < 1.29 is 14.6 Å². The normalized spacial score (nSPS) is 10.9. The fraction of sp³-hybridized carbons (Fsp3) is 0.176. The van der Waals surface area contributed by atoms with Gasteiger partial charge in [-0.15, -0.1) is 0 Å². The van der Waals surface area contributed by atoms with Gasteiger partial charge in [-0.2, -0.15) is 0 Å². The van der Waals surface area contributed by atoms with Crippen LogP contribution in [0.2, 0.25) is 5.02 Å². The molecule has 2 heterocycles. The third-order valence-corrected chi connectivity index (χ3v) is 3.61. The van der Waals surface area contributed by atoms with E-state index < -0.39 is 5.97 Å². The third-order valence-electron chi connectivity index (χ3n) is 3.39. The highest BCUT2D eigenvalue weighted by atomic mass is 35.5. The van der Waals surface area contributed by atoms with Gasteiger partial charge < -0.3 is 9.84 Å². The van der Waals surface area contributed by atoms with E-state index in [0.717, 1.165) is 12.2 Å². The molecule has 23 heavy (non-hydrogen) atoms. The first-order valence-electron chi connectivity index (χ1n) is 7.24. The second-order valence-corrected chi connectivity index (χ2v) is 5.50. The molecular formula is C17H15ClN2O3. The van der Waals surface area contributed by atoms with Crippen LogP contribution in [0.5, 0.6) is 5.75 Å². The molecule has 0 aliphatic carbocycles. The SMILES string of the molecule is CCCOc1ccc(-c2nc3ccc(Cl)cn3c2C(=O)O)cc1. The first kappa shape index (κ1) is 15.4. The van der Waals surface area contributed by atoms with E-state index >= 15 is 0 Å². The lowest BCUT2D eigenvalue weighted by molar-refractivity contribution is 0.0690. The van der Waals surface area contributed by atoms with Crippen molar-refractivity contribution in [2.24, 2.45) is 0 Å². The number of rotatable bonds is 5. The number of halogens is 1. The van der Waals surface area contributed by atoms with Crippen LogP contribution >= 0.6 is 11.6 Å². The molecular weight excluding hydrogens is 316 g/mol. The molecule has 0 aliphatic rings. The van der Waals surface area contributed by atoms with Gasteiger partial charge in [0, 0.05) is 11.8 Å². The van der Waals surface area contributed by atoms with E-state index in [1.165, 1.54) is 4.40 Å². The van der Waals surface area contributed by atoms with Gasteiger partial charge in [-0.3, -0.25) is 4.40 Å². The lowest BCUT2D eigenvalue weighted by atomic mass is 10.1. The van der Waals surface area contributed by atoms with Crippen molar-refractivity contribution in [2.75, 3.05) is 6.61 Å². The average molecular weight is 331 g/mol. The van der Waals surface area contributed by atoms with Gasteiger partial charge in [0.1, 0.15) is 17.1 Å². The van der Waals surface area contributed by atoms with Gasteiger partial charge in [-0.1, -0.05) is 18.5 Å². The second-order valence-electron chi connectivity index (χ2n) is 5.06. The Balaban J connectivity index is 2.08. The molecule has 0 spiro atoms. The number of hydrogen-bond donors (Lipinski definition) is 1. The Hall–Kier alpha value is -2.53. The Bertz CT molecular complexity index is 856. The van der Waals surface area contributed by atoms with Crippen LogP contribution in [0.15, 0.2) is 42.6 Å². The number of aromatic carboxylic acids is 1. The minimum absolute atomic E-state index is 0.0877. The number of carboxylic acids is 1. The first-order valence-corrected chi connectivity index (χ1v) is 7.62. The van der Waals surface area contributed by atoms with Gasteiger partial charge in [0.15, 0.2) is 5.69 Å². The maximum atomic E-state index is 11.7. The van der Waals surface area contributed by atoms with Crippen molar-refractivity contribution in [2.45, 2.75) is 13.3 Å². The number of nitrogens with zero attached hydrogens (tertiary/aromatic N) is 2. The molecule has 0 saturated carbocycles. The molecule has 0 unspecified atom stereocenters. The maximum absolute atomic E-state index is 11.7. The number of ether oxygens (including phenoxy) is 1. The summed E-state index contributed by atoms with van der Waals surface area (Å²) in [5, 5.41) is 10.00. The molecule has 0 radical (unpaired) electrons. The quantitative estimate of drug-likeness (QED) is 0.763. The molecule has 0 bridgehead atoms. The summed E-state index contributed by atoms with van der Waals surface area (Å²) in [6, 6.07) is 10.6. The smallest absolute Gasteiger partial charge is 0.355 e. The predicted octanol–water partition coefficient (Wildman–Crippen LogP) is 4.14. The van der Waals surface area contributed by atoms with Crippen LogP contribution in [-0.2, 0) is 0 Å². The Morgan fingerprint density at radius 2 is 2.00 bits per heavy atom. The summed E-state index contributed by atoms with van der Waals surface area (Å²) in [4.78, 5) is 16.1. The van der Waals surface area contributed by atoms with Crippen molar-refractivity contribution in [3.05, 3.63) is 53.3 Å². The van der Waals surface area contributed by atoms with Gasteiger partial charge in [-0.05, 0) is 42.8 Å². The summed E-state index contributed by atoms with van der Waals surface area (Å²) in [6.07, 6.45) is 2.48. The zero-order valence-electron chi connectivity index (χ0n) is 12.5. The highest BCUT2D eigenvalue weighted by Gasteiger charge is 2.20. The molecule has 0 aliphatic heterocycles. The van der Waals surface area contributed by atoms with Crippen LogP contribution in [0.3, 0.4) is 0 Å². The zero-order chi connectivity index (χ0) is 16.4. The lowest BCUT2D eigenvalue weighted by Gasteiger charge is -2.05. The number of imidazole rings is 1. The highest BCUT2D eigenvalue weighted by molar-refractivity contribution is 6.30. The molecule has 3 rings (SSSR count). The minimum atomic E-state index is -1.05. The molecule has 0 fully saturated rings. The van der Waals surface area contributed by atoms with Crippen LogP contribution in [0.25, 0.3) is 16.9 Å². The van der Waals surface area contributed by atoms with Crippen molar-refractivity contribution in [1.29, 1.82) is 0 Å². The van der Waals surface area contributed by atoms with Crippen LogP contribution in [0.1, 0.15) is 23.8 Å². The summed E-state index contributed by atoms with van der Waals surface area (Å²) in [5.74, 6) is -0.305. The number of carbonyl (C=O) groups is 1. The summed E-state index contributed by atoms with van der Waals surface area (Å²) >= 11 is 5.96. The number of fused-ring (bicyclic) bond motifs is 1. The zero-order valence-corrected chi connectivity index (χ0v) is 13.2. The van der Waals surface area contributed by atoms with Gasteiger partial charge in [0.05, 0.1) is 11.6 Å². The third kappa shape index (κ3) is 3.00. The number of benzene rings is 1. The van der Waals surface area contributed by atoms with Crippen LogP contribution in [0, 0.1) is 0 Å². The van der Waals surface area contributed by atoms with Gasteiger partial charge in [0.2, 0.25) is 0 Å². The van der Waals surface area contributed by atoms with E-state index in [1.54, 1.807) is 30.5 Å². The summed E-state index contributed by atoms with van der Waals surface area (Å²) in [5.41, 5.74) is 1.74. The standard InChI is InChI=1S/C17H15ClN2O3/c1-2-9-23-13-6-3-11(4-7-13)15-16(17(21)22)20-10-12(18)5-8-14(20)19-15/h3-8,10H,2,9H2,1H3,(H,21,22). The number of hydrogen-bond acceptors (Lipinski definition) is 3. The van der Waals surface area contributed by atoms with E-state index in [9.17, 15) is 9.90 Å². The summed E-state index contributed by atoms with van der Waals surface area (Å²) in [6.45, 7) is 2.68. The van der Waals surface area contributed by atoms with Crippen molar-refractivity contribution >= 4 is 23.2 Å². The van der Waals surface area contributed by atoms with Crippen LogP contribution in [0.4, 0.5) is 0 Å². The van der Waals surface area contributed by atoms with Crippen LogP contribution in [-0.4, -0.2) is 27.1 Å². The van der Waals surface area contributed by atoms with E-state index in [0.29, 0.717) is 28.5 Å². The molecule has 1 N–H and O–H groups in total. The van der Waals surface area contributed by atoms with Crippen molar-refractivity contribution in [1.82, 2.24) is 9.38 Å². The summed E-state index contributed by atoms with van der Waals surface area (Å²) in [7, 11) is 0. The Morgan fingerprint density at radius 3 is 2.65 bits per heavy atom. The van der Waals surface area contributed by atoms with E-state index in [2.05, 4.69) is 4.98 Å². The van der Waals surface area contributed by atoms with Gasteiger partial charge in [0.25, 0.3) is 0 Å². The van der Waals surface area contributed by atoms with Crippen molar-refractivity contribution in [3.63, 3.8) is 0 Å². The molecule has 2 aromatic heterocycles. The Morgan fingerprint density at radius 1 is 1.26 bits per heavy atom. The maximum Gasteiger partial charge on any atom is 0.355 e. The van der Waals surface area contributed by atoms with Crippen LogP contribution < -0.4 is 4.74 Å². The fourth-order valence-corrected chi connectivity index (χ4v) is 2.51. The van der Waals surface area contributed by atoms with E-state index in [-0.39, 0.29) is 5.69 Å². The molecule has 118 valence electrons. The topological polar surface area (TPSA) is 63.8 Å². The van der Waals surface area contributed by atoms with E-state index in [1.807, 2.05) is 19.1 Å². The molecule has 6 heteroatoms. The molecule has 1 aromatic carbocycles. The number of pyridine rings is 1. The second kappa shape index (κ2) is 6.30. The highest BCUT2D eigenvalue weighted by Crippen LogP contribution is 2.27. The van der Waals surface area contributed by atoms with Gasteiger partial charge >= 0.3 is 5.97 Å². The fourth-order valence-electron chi connectivity index (χ4n) is 2.35. The van der Waals surface area contributed by atoms with Gasteiger partial charge in [-0.25, -0.2) is 9.78 Å².